The summed E-state index contributed by atoms with van der Waals surface area (Å²) in [6, 6.07) is 9.77. The molecule has 0 spiro atoms. The average Bonchev–Trinajstić information content (AvgIpc) is 3.10. The molecule has 1 aromatic carbocycles. The maximum Gasteiger partial charge on any atom is 0.332 e. The van der Waals surface area contributed by atoms with Crippen molar-refractivity contribution in [2.24, 2.45) is 12.1 Å². The fraction of sp³-hybridized carbons (Fsp3) is 0.200. The van der Waals surface area contributed by atoms with Crippen molar-refractivity contribution in [2.75, 3.05) is 11.6 Å². The number of aromatic nitrogens is 4. The van der Waals surface area contributed by atoms with Crippen molar-refractivity contribution in [3.8, 4) is 0 Å². The Morgan fingerprint density at radius 3 is 2.50 bits per heavy atom. The molecule has 1 aliphatic rings. The topological polar surface area (TPSA) is 77.4 Å². The van der Waals surface area contributed by atoms with E-state index in [0.29, 0.717) is 30.2 Å². The number of hydrazone groups is 1. The van der Waals surface area contributed by atoms with E-state index >= 15 is 0 Å². The maximum atomic E-state index is 13.1. The number of allylic oxidation sites excluding steroid dienone is 1. The minimum absolute atomic E-state index is 0.137. The number of anilines is 1. The van der Waals surface area contributed by atoms with Crippen molar-refractivity contribution in [2.45, 2.75) is 13.1 Å². The zero-order valence-corrected chi connectivity index (χ0v) is 15.6. The lowest BCUT2D eigenvalue weighted by atomic mass is 10.1. The quantitative estimate of drug-likeness (QED) is 0.632. The zero-order chi connectivity index (χ0) is 19.8. The van der Waals surface area contributed by atoms with Gasteiger partial charge in [0.25, 0.3) is 5.56 Å². The van der Waals surface area contributed by atoms with Gasteiger partial charge in [0, 0.05) is 13.6 Å². The van der Waals surface area contributed by atoms with Gasteiger partial charge in [-0.3, -0.25) is 18.5 Å². The Morgan fingerprint density at radius 2 is 1.82 bits per heavy atom. The highest BCUT2D eigenvalue weighted by Crippen LogP contribution is 2.25. The third-order valence-corrected chi connectivity index (χ3v) is 4.71. The van der Waals surface area contributed by atoms with Crippen LogP contribution in [0.15, 0.2) is 70.3 Å². The number of rotatable bonds is 5. The van der Waals surface area contributed by atoms with Crippen LogP contribution in [-0.4, -0.2) is 30.9 Å². The molecule has 0 unspecified atom stereocenters. The fourth-order valence-electron chi connectivity index (χ4n) is 3.39. The van der Waals surface area contributed by atoms with E-state index < -0.39 is 5.69 Å². The molecule has 3 aromatic rings. The summed E-state index contributed by atoms with van der Waals surface area (Å²) in [6.45, 7) is 8.37. The van der Waals surface area contributed by atoms with E-state index in [0.717, 1.165) is 15.8 Å². The van der Waals surface area contributed by atoms with E-state index in [2.05, 4.69) is 18.1 Å². The lowest BCUT2D eigenvalue weighted by Crippen LogP contribution is -2.39. The lowest BCUT2D eigenvalue weighted by molar-refractivity contribution is 0.664. The molecule has 0 fully saturated rings. The van der Waals surface area contributed by atoms with E-state index in [1.54, 1.807) is 18.1 Å². The van der Waals surface area contributed by atoms with E-state index in [4.69, 9.17) is 5.10 Å². The van der Waals surface area contributed by atoms with Crippen LogP contribution in [0, 0.1) is 0 Å². The third-order valence-electron chi connectivity index (χ3n) is 4.71. The molecule has 0 bridgehead atoms. The first-order valence-electron chi connectivity index (χ1n) is 8.89. The number of hydrogen-bond acceptors (Lipinski definition) is 5. The van der Waals surface area contributed by atoms with Crippen LogP contribution in [0.3, 0.4) is 0 Å². The normalized spacial score (nSPS) is 13.3. The third kappa shape index (κ3) is 2.61. The summed E-state index contributed by atoms with van der Waals surface area (Å²) >= 11 is 0. The molecule has 0 radical (unpaired) electrons. The van der Waals surface area contributed by atoms with Gasteiger partial charge in [0.15, 0.2) is 11.2 Å². The smallest absolute Gasteiger partial charge is 0.297 e. The molecule has 1 aliphatic heterocycles. The van der Waals surface area contributed by atoms with Crippen LogP contribution < -0.4 is 16.3 Å². The average molecular weight is 376 g/mol. The second kappa shape index (κ2) is 6.80. The van der Waals surface area contributed by atoms with Crippen LogP contribution in [-0.2, 0) is 20.1 Å². The van der Waals surface area contributed by atoms with Crippen molar-refractivity contribution < 1.29 is 0 Å². The largest absolute Gasteiger partial charge is 0.332 e. The first-order chi connectivity index (χ1) is 13.6. The summed E-state index contributed by atoms with van der Waals surface area (Å²) in [5.74, 6) is 0.512. The SMILES string of the molecule is C=CCN1N=C(c2ccccc2)Cn2c1nc1c2c(=O)n(CC=C)c(=O)n1C. The van der Waals surface area contributed by atoms with Crippen LogP contribution in [0.1, 0.15) is 5.56 Å². The number of hydrogen-bond donors (Lipinski definition) is 0. The summed E-state index contributed by atoms with van der Waals surface area (Å²) in [7, 11) is 1.61. The maximum absolute atomic E-state index is 13.1. The zero-order valence-electron chi connectivity index (χ0n) is 15.6. The number of fused-ring (bicyclic) bond motifs is 3. The standard InChI is InChI=1S/C20H20N6O2/c1-4-11-24-18(27)16-17(23(3)20(24)28)21-19-25(16)13-15(22-26(19)12-5-2)14-9-7-6-8-10-14/h4-10H,1-2,11-13H2,3H3. The van der Waals surface area contributed by atoms with Crippen LogP contribution in [0.5, 0.6) is 0 Å². The van der Waals surface area contributed by atoms with Crippen molar-refractivity contribution in [1.82, 2.24) is 18.7 Å². The van der Waals surface area contributed by atoms with E-state index in [1.165, 1.54) is 10.6 Å². The second-order valence-corrected chi connectivity index (χ2v) is 6.50. The van der Waals surface area contributed by atoms with E-state index in [9.17, 15) is 9.59 Å². The summed E-state index contributed by atoms with van der Waals surface area (Å²) in [5.41, 5.74) is 1.66. The monoisotopic (exact) mass is 376 g/mol. The van der Waals surface area contributed by atoms with Crippen molar-refractivity contribution in [3.63, 3.8) is 0 Å². The predicted molar refractivity (Wildman–Crippen MR) is 110 cm³/mol. The summed E-state index contributed by atoms with van der Waals surface area (Å²) in [4.78, 5) is 30.2. The van der Waals surface area contributed by atoms with E-state index in [1.807, 2.05) is 34.9 Å². The minimum Gasteiger partial charge on any atom is -0.297 e. The van der Waals surface area contributed by atoms with Gasteiger partial charge in [-0.15, -0.1) is 13.2 Å². The number of benzene rings is 1. The molecule has 0 atom stereocenters. The molecule has 3 heterocycles. The molecular weight excluding hydrogens is 356 g/mol. The van der Waals surface area contributed by atoms with Gasteiger partial charge in [-0.25, -0.2) is 9.80 Å². The van der Waals surface area contributed by atoms with Gasteiger partial charge in [0.1, 0.15) is 0 Å². The summed E-state index contributed by atoms with van der Waals surface area (Å²) in [6.07, 6.45) is 3.25. The molecule has 0 N–H and O–H groups in total. The molecule has 8 heteroatoms. The van der Waals surface area contributed by atoms with Gasteiger partial charge in [-0.1, -0.05) is 42.5 Å². The molecule has 28 heavy (non-hydrogen) atoms. The highest BCUT2D eigenvalue weighted by molar-refractivity contribution is 6.02. The van der Waals surface area contributed by atoms with Crippen LogP contribution in [0.4, 0.5) is 5.95 Å². The van der Waals surface area contributed by atoms with Crippen molar-refractivity contribution in [1.29, 1.82) is 0 Å². The minimum atomic E-state index is -0.424. The van der Waals surface area contributed by atoms with Gasteiger partial charge in [0.2, 0.25) is 5.95 Å². The van der Waals surface area contributed by atoms with Gasteiger partial charge < -0.3 is 0 Å². The van der Waals surface area contributed by atoms with Gasteiger partial charge in [0.05, 0.1) is 18.8 Å². The van der Waals surface area contributed by atoms with Crippen molar-refractivity contribution >= 4 is 22.8 Å². The first-order valence-corrected chi connectivity index (χ1v) is 8.89. The van der Waals surface area contributed by atoms with E-state index in [-0.39, 0.29) is 12.1 Å². The Balaban J connectivity index is 2.00. The molecule has 0 aliphatic carbocycles. The van der Waals surface area contributed by atoms with Crippen molar-refractivity contribution in [3.05, 3.63) is 82.0 Å². The Morgan fingerprint density at radius 1 is 1.11 bits per heavy atom. The molecule has 2 aromatic heterocycles. The Hall–Kier alpha value is -3.68. The number of imidazole rings is 1. The van der Waals surface area contributed by atoms with Crippen LogP contribution >= 0.6 is 0 Å². The highest BCUT2D eigenvalue weighted by atomic mass is 16.2. The molecule has 4 rings (SSSR count). The molecular formula is C20H20N6O2. The highest BCUT2D eigenvalue weighted by Gasteiger charge is 2.27. The lowest BCUT2D eigenvalue weighted by Gasteiger charge is -2.25. The van der Waals surface area contributed by atoms with Crippen LogP contribution in [0.25, 0.3) is 11.2 Å². The molecule has 0 amide bonds. The Labute approximate surface area is 161 Å². The Kier molecular flexibility index (Phi) is 4.31. The van der Waals surface area contributed by atoms with Gasteiger partial charge >= 0.3 is 5.69 Å². The van der Waals surface area contributed by atoms with Crippen LogP contribution in [0.2, 0.25) is 0 Å². The van der Waals surface area contributed by atoms with Gasteiger partial charge in [-0.2, -0.15) is 10.1 Å². The number of aryl methyl sites for hydroxylation is 1. The second-order valence-electron chi connectivity index (χ2n) is 6.50. The predicted octanol–water partition coefficient (Wildman–Crippen LogP) is 1.49. The fourth-order valence-corrected chi connectivity index (χ4v) is 3.39. The summed E-state index contributed by atoms with van der Waals surface area (Å²) in [5, 5.41) is 6.40. The Bertz CT molecular complexity index is 1230. The molecule has 8 nitrogen and oxygen atoms in total. The molecule has 142 valence electrons. The first kappa shape index (κ1) is 17.7. The molecule has 0 saturated heterocycles. The summed E-state index contributed by atoms with van der Waals surface area (Å²) < 4.78 is 4.37. The number of nitrogens with zero attached hydrogens (tertiary/aromatic N) is 6. The molecule has 0 saturated carbocycles. The van der Waals surface area contributed by atoms with Gasteiger partial charge in [-0.05, 0) is 5.56 Å².